The first-order chi connectivity index (χ1) is 9.19. The van der Waals surface area contributed by atoms with E-state index in [4.69, 9.17) is 22.1 Å². The van der Waals surface area contributed by atoms with Crippen molar-refractivity contribution in [1.82, 2.24) is 0 Å². The number of rotatable bonds is 3. The van der Waals surface area contributed by atoms with Crippen LogP contribution in [-0.2, 0) is 0 Å². The Labute approximate surface area is 144 Å². The first-order valence-electron chi connectivity index (χ1n) is 5.59. The molecule has 0 aliphatic rings. The quantitative estimate of drug-likeness (QED) is 0.429. The minimum atomic E-state index is 0. The lowest BCUT2D eigenvalue weighted by molar-refractivity contribution is 0.484. The maximum absolute atomic E-state index is 5.84. The maximum atomic E-state index is 5.84. The first-order valence-corrected chi connectivity index (χ1v) is 7.20. The van der Waals surface area contributed by atoms with Crippen molar-refractivity contribution >= 4 is 58.2 Å². The van der Waals surface area contributed by atoms with Crippen LogP contribution in [0.3, 0.4) is 0 Å². The van der Waals surface area contributed by atoms with Crippen molar-refractivity contribution in [1.29, 1.82) is 0 Å². The molecule has 0 bridgehead atoms. The van der Waals surface area contributed by atoms with Gasteiger partial charge in [0.05, 0.1) is 0 Å². The van der Waals surface area contributed by atoms with E-state index in [2.05, 4.69) is 4.99 Å². The van der Waals surface area contributed by atoms with Gasteiger partial charge in [-0.2, -0.15) is 0 Å². The smallest absolute Gasteiger partial charge is 0.159 e. The highest BCUT2D eigenvalue weighted by molar-refractivity contribution is 14.0. The van der Waals surface area contributed by atoms with Crippen LogP contribution in [0.5, 0.6) is 11.5 Å². The molecule has 0 aromatic heterocycles. The zero-order valence-corrected chi connectivity index (χ0v) is 14.6. The molecule has 2 aromatic carbocycles. The Kier molecular flexibility index (Phi) is 7.18. The summed E-state index contributed by atoms with van der Waals surface area (Å²) in [5.74, 6) is 1.36. The molecular formula is C14H14ClIN2OS. The third-order valence-corrected chi connectivity index (χ3v) is 3.11. The van der Waals surface area contributed by atoms with Gasteiger partial charge in [0.2, 0.25) is 0 Å². The first kappa shape index (κ1) is 17.1. The van der Waals surface area contributed by atoms with Gasteiger partial charge in [0.1, 0.15) is 11.4 Å². The molecule has 0 saturated heterocycles. The average Bonchev–Trinajstić information content (AvgIpc) is 2.43. The van der Waals surface area contributed by atoms with E-state index in [-0.39, 0.29) is 24.0 Å². The van der Waals surface area contributed by atoms with Crippen LogP contribution in [-0.4, -0.2) is 11.4 Å². The third-order valence-electron chi connectivity index (χ3n) is 2.35. The highest BCUT2D eigenvalue weighted by Gasteiger charge is 2.04. The van der Waals surface area contributed by atoms with Crippen molar-refractivity contribution < 1.29 is 4.74 Å². The van der Waals surface area contributed by atoms with Crippen molar-refractivity contribution in [3.8, 4) is 11.5 Å². The molecule has 0 aliphatic heterocycles. The van der Waals surface area contributed by atoms with Crippen molar-refractivity contribution in [3.63, 3.8) is 0 Å². The van der Waals surface area contributed by atoms with Crippen LogP contribution in [0, 0.1) is 0 Å². The molecular weight excluding hydrogens is 407 g/mol. The average molecular weight is 421 g/mol. The molecule has 0 spiro atoms. The molecule has 20 heavy (non-hydrogen) atoms. The van der Waals surface area contributed by atoms with Crippen LogP contribution in [0.2, 0.25) is 5.02 Å². The summed E-state index contributed by atoms with van der Waals surface area (Å²) in [6.45, 7) is 0. The van der Waals surface area contributed by atoms with Gasteiger partial charge in [-0.3, -0.25) is 0 Å². The fourth-order valence-corrected chi connectivity index (χ4v) is 1.75. The molecule has 0 aliphatic carbocycles. The summed E-state index contributed by atoms with van der Waals surface area (Å²) in [4.78, 5) is 4.30. The minimum absolute atomic E-state index is 0. The molecule has 2 N–H and O–H groups in total. The topological polar surface area (TPSA) is 47.6 Å². The van der Waals surface area contributed by atoms with E-state index in [0.717, 1.165) is 0 Å². The summed E-state index contributed by atoms with van der Waals surface area (Å²) in [5.41, 5.74) is 6.43. The number of hydrogen-bond donors (Lipinski definition) is 1. The molecule has 0 saturated carbocycles. The number of halogens is 2. The Morgan fingerprint density at radius 2 is 1.80 bits per heavy atom. The molecule has 0 fully saturated rings. The molecule has 0 amide bonds. The SMILES string of the molecule is CSC(N)=Nc1ccccc1Oc1ccc(Cl)cc1.I. The fourth-order valence-electron chi connectivity index (χ4n) is 1.43. The van der Waals surface area contributed by atoms with Crippen LogP contribution in [0.1, 0.15) is 0 Å². The molecule has 2 aromatic rings. The number of nitrogens with zero attached hydrogens (tertiary/aromatic N) is 1. The second kappa shape index (κ2) is 8.39. The number of nitrogens with two attached hydrogens (primary N) is 1. The number of benzene rings is 2. The number of amidine groups is 1. The van der Waals surface area contributed by atoms with E-state index < -0.39 is 0 Å². The summed E-state index contributed by atoms with van der Waals surface area (Å²) in [6.07, 6.45) is 1.88. The Morgan fingerprint density at radius 1 is 1.15 bits per heavy atom. The Morgan fingerprint density at radius 3 is 2.45 bits per heavy atom. The van der Waals surface area contributed by atoms with Crippen molar-refractivity contribution in [3.05, 3.63) is 53.6 Å². The van der Waals surface area contributed by atoms with Gasteiger partial charge in [-0.05, 0) is 42.7 Å². The van der Waals surface area contributed by atoms with Gasteiger partial charge in [-0.25, -0.2) is 4.99 Å². The van der Waals surface area contributed by atoms with Gasteiger partial charge in [0.15, 0.2) is 10.9 Å². The van der Waals surface area contributed by atoms with Crippen LogP contribution >= 0.6 is 47.3 Å². The molecule has 0 heterocycles. The Balaban J connectivity index is 0.00000200. The number of aliphatic imine (C=N–C) groups is 1. The molecule has 0 atom stereocenters. The standard InChI is InChI=1S/C14H13ClN2OS.HI/c1-19-14(16)17-12-4-2-3-5-13(12)18-11-8-6-10(15)7-9-11;/h2-9H,1H3,(H2,16,17);1H. The summed E-state index contributed by atoms with van der Waals surface area (Å²) in [5, 5.41) is 1.16. The van der Waals surface area contributed by atoms with E-state index in [0.29, 0.717) is 27.4 Å². The van der Waals surface area contributed by atoms with E-state index in [1.807, 2.05) is 30.5 Å². The fraction of sp³-hybridized carbons (Fsp3) is 0.0714. The van der Waals surface area contributed by atoms with Gasteiger partial charge in [-0.1, -0.05) is 35.5 Å². The zero-order chi connectivity index (χ0) is 13.7. The number of ether oxygens (including phenoxy) is 1. The monoisotopic (exact) mass is 420 g/mol. The second-order valence-corrected chi connectivity index (χ2v) is 4.94. The lowest BCUT2D eigenvalue weighted by Crippen LogP contribution is -2.04. The predicted octanol–water partition coefficient (Wildman–Crippen LogP) is 5.06. The molecule has 106 valence electrons. The summed E-state index contributed by atoms with van der Waals surface area (Å²) in [6, 6.07) is 14.6. The second-order valence-electron chi connectivity index (χ2n) is 3.68. The summed E-state index contributed by atoms with van der Waals surface area (Å²) >= 11 is 7.23. The third kappa shape index (κ3) is 4.88. The van der Waals surface area contributed by atoms with E-state index in [1.54, 1.807) is 24.3 Å². The molecule has 2 rings (SSSR count). The largest absolute Gasteiger partial charge is 0.455 e. The van der Waals surface area contributed by atoms with Crippen molar-refractivity contribution in [2.24, 2.45) is 10.7 Å². The zero-order valence-electron chi connectivity index (χ0n) is 10.7. The van der Waals surface area contributed by atoms with Gasteiger partial charge in [0.25, 0.3) is 0 Å². The number of para-hydroxylation sites is 2. The Hall–Kier alpha value is -0.920. The van der Waals surface area contributed by atoms with Crippen LogP contribution in [0.15, 0.2) is 53.5 Å². The molecule has 0 unspecified atom stereocenters. The van der Waals surface area contributed by atoms with Crippen LogP contribution in [0.25, 0.3) is 0 Å². The summed E-state index contributed by atoms with van der Waals surface area (Å²) in [7, 11) is 0. The molecule has 6 heteroatoms. The summed E-state index contributed by atoms with van der Waals surface area (Å²) < 4.78 is 5.78. The van der Waals surface area contributed by atoms with Gasteiger partial charge >= 0.3 is 0 Å². The van der Waals surface area contributed by atoms with Gasteiger partial charge in [0, 0.05) is 5.02 Å². The highest BCUT2D eigenvalue weighted by atomic mass is 127. The van der Waals surface area contributed by atoms with Gasteiger partial charge < -0.3 is 10.5 Å². The van der Waals surface area contributed by atoms with Crippen molar-refractivity contribution in [2.45, 2.75) is 0 Å². The minimum Gasteiger partial charge on any atom is -0.455 e. The molecule has 0 radical (unpaired) electrons. The van der Waals surface area contributed by atoms with E-state index >= 15 is 0 Å². The Bertz CT molecular complexity index is 590. The predicted molar refractivity (Wildman–Crippen MR) is 98.2 cm³/mol. The van der Waals surface area contributed by atoms with E-state index in [9.17, 15) is 0 Å². The maximum Gasteiger partial charge on any atom is 0.159 e. The lowest BCUT2D eigenvalue weighted by Gasteiger charge is -2.08. The number of hydrogen-bond acceptors (Lipinski definition) is 3. The lowest BCUT2D eigenvalue weighted by atomic mass is 10.3. The van der Waals surface area contributed by atoms with Crippen LogP contribution < -0.4 is 10.5 Å². The molecule has 3 nitrogen and oxygen atoms in total. The van der Waals surface area contributed by atoms with Crippen molar-refractivity contribution in [2.75, 3.05) is 6.26 Å². The van der Waals surface area contributed by atoms with E-state index in [1.165, 1.54) is 11.8 Å². The van der Waals surface area contributed by atoms with Crippen LogP contribution in [0.4, 0.5) is 5.69 Å². The normalized spacial score (nSPS) is 10.8. The highest BCUT2D eigenvalue weighted by Crippen LogP contribution is 2.32. The number of thioether (sulfide) groups is 1. The van der Waals surface area contributed by atoms with Gasteiger partial charge in [-0.15, -0.1) is 24.0 Å².